The van der Waals surface area contributed by atoms with Crippen LogP contribution in [0.4, 0.5) is 0 Å². The second kappa shape index (κ2) is 5.67. The molecule has 0 saturated carbocycles. The van der Waals surface area contributed by atoms with Gasteiger partial charge in [0.1, 0.15) is 17.6 Å². The first-order valence-corrected chi connectivity index (χ1v) is 8.46. The van der Waals surface area contributed by atoms with E-state index in [9.17, 15) is 5.11 Å². The van der Waals surface area contributed by atoms with Gasteiger partial charge in [-0.3, -0.25) is 0 Å². The van der Waals surface area contributed by atoms with Crippen molar-refractivity contribution in [3.63, 3.8) is 0 Å². The van der Waals surface area contributed by atoms with Gasteiger partial charge in [0.25, 0.3) is 0 Å². The topological polar surface area (TPSA) is 38.7 Å². The SMILES string of the molecule is COc1ccc2c(c1)C(O)CC(c1cc(Br)c(Br)s1)O2. The lowest BCUT2D eigenvalue weighted by atomic mass is 9.98. The van der Waals surface area contributed by atoms with Crippen molar-refractivity contribution < 1.29 is 14.6 Å². The quantitative estimate of drug-likeness (QED) is 0.756. The highest BCUT2D eigenvalue weighted by Gasteiger charge is 2.29. The van der Waals surface area contributed by atoms with Crippen molar-refractivity contribution in [3.05, 3.63) is 43.0 Å². The number of thiophene rings is 1. The maximum Gasteiger partial charge on any atom is 0.136 e. The van der Waals surface area contributed by atoms with E-state index in [1.54, 1.807) is 18.4 Å². The summed E-state index contributed by atoms with van der Waals surface area (Å²) in [5, 5.41) is 10.3. The molecule has 20 heavy (non-hydrogen) atoms. The van der Waals surface area contributed by atoms with E-state index in [1.807, 2.05) is 24.3 Å². The van der Waals surface area contributed by atoms with Gasteiger partial charge in [0, 0.05) is 21.3 Å². The van der Waals surface area contributed by atoms with Crippen molar-refractivity contribution in [2.24, 2.45) is 0 Å². The maximum atomic E-state index is 10.3. The van der Waals surface area contributed by atoms with Crippen molar-refractivity contribution in [3.8, 4) is 11.5 Å². The smallest absolute Gasteiger partial charge is 0.136 e. The van der Waals surface area contributed by atoms with Crippen LogP contribution in [0.1, 0.15) is 29.1 Å². The second-order valence-corrected chi connectivity index (χ2v) is 7.79. The number of benzene rings is 1. The van der Waals surface area contributed by atoms with Crippen molar-refractivity contribution in [1.82, 2.24) is 0 Å². The Morgan fingerprint density at radius 1 is 1.35 bits per heavy atom. The average Bonchev–Trinajstić information content (AvgIpc) is 2.78. The molecule has 1 aliphatic rings. The molecule has 1 N–H and O–H groups in total. The number of aliphatic hydroxyl groups excluding tert-OH is 1. The van der Waals surface area contributed by atoms with E-state index in [-0.39, 0.29) is 6.10 Å². The number of hydrogen-bond acceptors (Lipinski definition) is 4. The average molecular weight is 420 g/mol. The molecule has 0 saturated heterocycles. The van der Waals surface area contributed by atoms with E-state index in [4.69, 9.17) is 9.47 Å². The van der Waals surface area contributed by atoms with Gasteiger partial charge in [0.05, 0.1) is 17.0 Å². The van der Waals surface area contributed by atoms with Crippen LogP contribution in [0.15, 0.2) is 32.5 Å². The molecule has 2 unspecified atom stereocenters. The highest BCUT2D eigenvalue weighted by Crippen LogP contribution is 2.45. The fourth-order valence-electron chi connectivity index (χ4n) is 2.25. The van der Waals surface area contributed by atoms with Crippen molar-refractivity contribution >= 4 is 43.2 Å². The fourth-order valence-corrected chi connectivity index (χ4v) is 4.38. The molecule has 0 bridgehead atoms. The minimum atomic E-state index is -0.543. The first-order valence-electron chi connectivity index (χ1n) is 6.06. The highest BCUT2D eigenvalue weighted by molar-refractivity contribution is 9.13. The Labute approximate surface area is 137 Å². The van der Waals surface area contributed by atoms with E-state index in [0.29, 0.717) is 6.42 Å². The van der Waals surface area contributed by atoms with E-state index in [2.05, 4.69) is 31.9 Å². The summed E-state index contributed by atoms with van der Waals surface area (Å²) < 4.78 is 13.2. The third-order valence-corrected chi connectivity index (χ3v) is 6.61. The Morgan fingerprint density at radius 2 is 2.15 bits per heavy atom. The molecule has 3 rings (SSSR count). The van der Waals surface area contributed by atoms with Crippen molar-refractivity contribution in [2.45, 2.75) is 18.6 Å². The molecule has 0 amide bonds. The van der Waals surface area contributed by atoms with Gasteiger partial charge in [-0.1, -0.05) is 0 Å². The van der Waals surface area contributed by atoms with Gasteiger partial charge in [-0.2, -0.15) is 0 Å². The first kappa shape index (κ1) is 14.4. The molecule has 1 aromatic carbocycles. The van der Waals surface area contributed by atoms with Crippen molar-refractivity contribution in [2.75, 3.05) is 7.11 Å². The number of halogens is 2. The summed E-state index contributed by atoms with van der Waals surface area (Å²) >= 11 is 8.58. The molecule has 106 valence electrons. The lowest BCUT2D eigenvalue weighted by molar-refractivity contribution is 0.0671. The number of hydrogen-bond donors (Lipinski definition) is 1. The van der Waals surface area contributed by atoms with E-state index >= 15 is 0 Å². The second-order valence-electron chi connectivity index (χ2n) is 4.53. The molecule has 0 fully saturated rings. The van der Waals surface area contributed by atoms with Crippen LogP contribution in [-0.2, 0) is 0 Å². The molecular weight excluding hydrogens is 408 g/mol. The molecule has 2 heterocycles. The summed E-state index contributed by atoms with van der Waals surface area (Å²) in [5.41, 5.74) is 0.787. The third-order valence-electron chi connectivity index (χ3n) is 3.26. The molecule has 1 aromatic heterocycles. The van der Waals surface area contributed by atoms with Crippen LogP contribution < -0.4 is 9.47 Å². The van der Waals surface area contributed by atoms with Gasteiger partial charge in [0.2, 0.25) is 0 Å². The Hall–Kier alpha value is -0.560. The summed E-state index contributed by atoms with van der Waals surface area (Å²) in [6.45, 7) is 0. The predicted molar refractivity (Wildman–Crippen MR) is 85.7 cm³/mol. The molecule has 1 aliphatic heterocycles. The Morgan fingerprint density at radius 3 is 2.80 bits per heavy atom. The third kappa shape index (κ3) is 2.62. The largest absolute Gasteiger partial charge is 0.497 e. The first-order chi connectivity index (χ1) is 9.58. The van der Waals surface area contributed by atoms with Gasteiger partial charge in [-0.25, -0.2) is 0 Å². The van der Waals surface area contributed by atoms with Gasteiger partial charge in [-0.05, 0) is 56.1 Å². The zero-order valence-electron chi connectivity index (χ0n) is 10.6. The van der Waals surface area contributed by atoms with Crippen LogP contribution in [0.5, 0.6) is 11.5 Å². The Kier molecular flexibility index (Phi) is 4.08. The molecule has 2 atom stereocenters. The van der Waals surface area contributed by atoms with Gasteiger partial charge in [-0.15, -0.1) is 11.3 Å². The summed E-state index contributed by atoms with van der Waals surface area (Å²) in [6.07, 6.45) is -0.128. The van der Waals surface area contributed by atoms with Gasteiger partial charge >= 0.3 is 0 Å². The zero-order valence-corrected chi connectivity index (χ0v) is 14.6. The molecule has 0 radical (unpaired) electrons. The van der Waals surface area contributed by atoms with Crippen LogP contribution >= 0.6 is 43.2 Å². The lowest BCUT2D eigenvalue weighted by Crippen LogP contribution is -2.18. The van der Waals surface area contributed by atoms with E-state index < -0.39 is 6.10 Å². The highest BCUT2D eigenvalue weighted by atomic mass is 79.9. The minimum absolute atomic E-state index is 0.126. The lowest BCUT2D eigenvalue weighted by Gasteiger charge is -2.29. The molecule has 0 aliphatic carbocycles. The molecule has 0 spiro atoms. The standard InChI is InChI=1S/C14H12Br2O3S/c1-18-7-2-3-11-8(4-7)10(17)6-12(19-11)13-5-9(15)14(16)20-13/h2-5,10,12,17H,6H2,1H3. The van der Waals surface area contributed by atoms with Crippen LogP contribution in [0.2, 0.25) is 0 Å². The van der Waals surface area contributed by atoms with E-state index in [1.165, 1.54) is 0 Å². The number of rotatable bonds is 2. The molecular formula is C14H12Br2O3S. The zero-order chi connectivity index (χ0) is 14.3. The normalized spacial score (nSPS) is 21.2. The predicted octanol–water partition coefficient (Wildman–Crippen LogP) is 4.84. The van der Waals surface area contributed by atoms with Crippen LogP contribution in [0.3, 0.4) is 0 Å². The minimum Gasteiger partial charge on any atom is -0.497 e. The summed E-state index contributed by atoms with van der Waals surface area (Å²) in [6, 6.07) is 7.55. The maximum absolute atomic E-state index is 10.3. The fraction of sp³-hybridized carbons (Fsp3) is 0.286. The Bertz CT molecular complexity index is 622. The summed E-state index contributed by atoms with van der Waals surface area (Å²) in [7, 11) is 1.61. The summed E-state index contributed by atoms with van der Waals surface area (Å²) in [4.78, 5) is 1.09. The molecule has 6 heteroatoms. The van der Waals surface area contributed by atoms with Crippen molar-refractivity contribution in [1.29, 1.82) is 0 Å². The van der Waals surface area contributed by atoms with Crippen LogP contribution in [0, 0.1) is 0 Å². The van der Waals surface area contributed by atoms with Crippen LogP contribution in [-0.4, -0.2) is 12.2 Å². The number of ether oxygens (including phenoxy) is 2. The molecule has 2 aromatic rings. The van der Waals surface area contributed by atoms with Gasteiger partial charge in [0.15, 0.2) is 0 Å². The number of methoxy groups -OCH3 is 1. The number of aliphatic hydroxyl groups is 1. The molecule has 3 nitrogen and oxygen atoms in total. The number of fused-ring (bicyclic) bond motifs is 1. The monoisotopic (exact) mass is 418 g/mol. The summed E-state index contributed by atoms with van der Waals surface area (Å²) in [5.74, 6) is 1.45. The Balaban J connectivity index is 1.92. The van der Waals surface area contributed by atoms with Gasteiger partial charge < -0.3 is 14.6 Å². The van der Waals surface area contributed by atoms with E-state index in [0.717, 1.165) is 30.2 Å². The van der Waals surface area contributed by atoms with Crippen LogP contribution in [0.25, 0.3) is 0 Å².